The van der Waals surface area contributed by atoms with Gasteiger partial charge in [-0.3, -0.25) is 9.69 Å². The van der Waals surface area contributed by atoms with Gasteiger partial charge in [-0.05, 0) is 62.6 Å². The standard InChI is InChI=1S/C23H29BrFN3O3/c1-12-13(2)19-10-17(12)20(28(19)22(30)31-23(3,4)5)21(29)27-16(11-26)8-14-6-7-15(24)9-18(14)25/h6-7,9,12-13,16-17,19-20H,8,10H2,1-5H3,(H,27,29)/t12-,13+,16+,17-,19+,20+/m1/s1. The minimum Gasteiger partial charge on any atom is -0.444 e. The van der Waals surface area contributed by atoms with E-state index in [2.05, 4.69) is 35.1 Å². The molecule has 168 valence electrons. The summed E-state index contributed by atoms with van der Waals surface area (Å²) in [5.41, 5.74) is -0.336. The number of fused-ring (bicyclic) bond motifs is 2. The third-order valence-electron chi connectivity index (χ3n) is 6.47. The van der Waals surface area contributed by atoms with E-state index in [1.54, 1.807) is 37.8 Å². The van der Waals surface area contributed by atoms with Crippen molar-refractivity contribution >= 4 is 27.9 Å². The van der Waals surface area contributed by atoms with Crippen molar-refractivity contribution in [1.29, 1.82) is 5.26 Å². The van der Waals surface area contributed by atoms with Crippen molar-refractivity contribution in [2.24, 2.45) is 17.8 Å². The first-order valence-electron chi connectivity index (χ1n) is 10.6. The fourth-order valence-corrected chi connectivity index (χ4v) is 5.16. The molecular formula is C23H29BrFN3O3. The summed E-state index contributed by atoms with van der Waals surface area (Å²) >= 11 is 3.21. The zero-order valence-electron chi connectivity index (χ0n) is 18.5. The SMILES string of the molecule is C[C@@H]1[C@H](C)[C@@H]2C[C@H]1[C@@H](C(=O)N[C@H](C#N)Cc1ccc(Br)cc1F)N2C(=O)OC(C)(C)C. The third kappa shape index (κ3) is 4.87. The molecular weight excluding hydrogens is 465 g/mol. The fraction of sp³-hybridized carbons (Fsp3) is 0.609. The Morgan fingerprint density at radius 3 is 2.61 bits per heavy atom. The van der Waals surface area contributed by atoms with Gasteiger partial charge in [0.1, 0.15) is 23.5 Å². The summed E-state index contributed by atoms with van der Waals surface area (Å²) in [6, 6.07) is 4.98. The number of nitrogens with one attached hydrogen (secondary N) is 1. The van der Waals surface area contributed by atoms with Gasteiger partial charge in [-0.1, -0.05) is 35.8 Å². The lowest BCUT2D eigenvalue weighted by atomic mass is 9.83. The van der Waals surface area contributed by atoms with Crippen LogP contribution in [-0.2, 0) is 16.0 Å². The molecule has 8 heteroatoms. The number of carbonyl (C=O) groups excluding carboxylic acids is 2. The number of nitriles is 1. The van der Waals surface area contributed by atoms with Crippen LogP contribution in [0.25, 0.3) is 0 Å². The van der Waals surface area contributed by atoms with Gasteiger partial charge in [-0.25, -0.2) is 9.18 Å². The quantitative estimate of drug-likeness (QED) is 0.672. The number of nitrogens with zero attached hydrogens (tertiary/aromatic N) is 2. The number of likely N-dealkylation sites (tertiary alicyclic amines) is 1. The van der Waals surface area contributed by atoms with Gasteiger partial charge in [-0.2, -0.15) is 5.26 Å². The van der Waals surface area contributed by atoms with E-state index in [1.807, 2.05) is 6.07 Å². The van der Waals surface area contributed by atoms with Gasteiger partial charge >= 0.3 is 6.09 Å². The molecule has 6 atom stereocenters. The summed E-state index contributed by atoms with van der Waals surface area (Å²) in [6.07, 6.45) is 0.269. The molecule has 2 amide bonds. The van der Waals surface area contributed by atoms with E-state index in [9.17, 15) is 19.2 Å². The Morgan fingerprint density at radius 1 is 1.35 bits per heavy atom. The van der Waals surface area contributed by atoms with Crippen LogP contribution in [0.5, 0.6) is 0 Å². The van der Waals surface area contributed by atoms with Gasteiger partial charge in [0.25, 0.3) is 0 Å². The molecule has 1 saturated heterocycles. The van der Waals surface area contributed by atoms with Crippen LogP contribution in [0, 0.1) is 34.9 Å². The van der Waals surface area contributed by atoms with E-state index in [-0.39, 0.29) is 36.1 Å². The maximum absolute atomic E-state index is 14.2. The molecule has 2 aliphatic rings. The molecule has 2 fully saturated rings. The lowest BCUT2D eigenvalue weighted by Crippen LogP contribution is -2.58. The number of carbonyl (C=O) groups is 2. The largest absolute Gasteiger partial charge is 0.444 e. The predicted molar refractivity (Wildman–Crippen MR) is 117 cm³/mol. The molecule has 1 N–H and O–H groups in total. The third-order valence-corrected chi connectivity index (χ3v) is 6.97. The summed E-state index contributed by atoms with van der Waals surface area (Å²) in [7, 11) is 0. The minimum atomic E-state index is -0.907. The van der Waals surface area contributed by atoms with Crippen LogP contribution in [0.2, 0.25) is 0 Å². The highest BCUT2D eigenvalue weighted by atomic mass is 79.9. The van der Waals surface area contributed by atoms with Crippen LogP contribution in [0.3, 0.4) is 0 Å². The number of piperidine rings is 1. The maximum atomic E-state index is 14.2. The van der Waals surface area contributed by atoms with Crippen LogP contribution < -0.4 is 5.32 Å². The molecule has 0 radical (unpaired) electrons. The summed E-state index contributed by atoms with van der Waals surface area (Å²) in [5.74, 6) is -0.312. The first kappa shape index (κ1) is 23.5. The van der Waals surface area contributed by atoms with E-state index in [1.165, 1.54) is 6.07 Å². The number of hydrogen-bond donors (Lipinski definition) is 1. The summed E-state index contributed by atoms with van der Waals surface area (Å²) in [6.45, 7) is 9.56. The second-order valence-corrected chi connectivity index (χ2v) is 10.6. The fourth-order valence-electron chi connectivity index (χ4n) is 4.82. The molecule has 1 aromatic carbocycles. The summed E-state index contributed by atoms with van der Waals surface area (Å²) in [5, 5.41) is 12.3. The molecule has 1 heterocycles. The van der Waals surface area contributed by atoms with E-state index in [0.29, 0.717) is 10.0 Å². The molecule has 2 bridgehead atoms. The second-order valence-electron chi connectivity index (χ2n) is 9.65. The first-order valence-corrected chi connectivity index (χ1v) is 11.4. The number of ether oxygens (including phenoxy) is 1. The monoisotopic (exact) mass is 493 g/mol. The van der Waals surface area contributed by atoms with Gasteiger partial charge in [0.05, 0.1) is 6.07 Å². The van der Waals surface area contributed by atoms with Crippen LogP contribution >= 0.6 is 15.9 Å². The Kier molecular flexibility index (Phi) is 6.66. The Hall–Kier alpha value is -2.14. The van der Waals surface area contributed by atoms with Gasteiger partial charge in [0.15, 0.2) is 0 Å². The van der Waals surface area contributed by atoms with E-state index in [0.717, 1.165) is 6.42 Å². The van der Waals surface area contributed by atoms with E-state index in [4.69, 9.17) is 4.74 Å². The van der Waals surface area contributed by atoms with Crippen molar-refractivity contribution in [3.05, 3.63) is 34.1 Å². The molecule has 0 unspecified atom stereocenters. The molecule has 1 aromatic rings. The highest BCUT2D eigenvalue weighted by molar-refractivity contribution is 9.10. The Labute approximate surface area is 191 Å². The molecule has 1 saturated carbocycles. The molecule has 0 aromatic heterocycles. The zero-order valence-corrected chi connectivity index (χ0v) is 20.1. The molecule has 3 rings (SSSR count). The number of amides is 2. The average molecular weight is 494 g/mol. The van der Waals surface area contributed by atoms with Gasteiger partial charge in [-0.15, -0.1) is 0 Å². The normalized spacial score (nSPS) is 28.2. The molecule has 1 aliphatic carbocycles. The molecule has 6 nitrogen and oxygen atoms in total. The lowest BCUT2D eigenvalue weighted by Gasteiger charge is -2.41. The maximum Gasteiger partial charge on any atom is 0.411 e. The number of hydrogen-bond acceptors (Lipinski definition) is 4. The predicted octanol–water partition coefficient (Wildman–Crippen LogP) is 4.42. The topological polar surface area (TPSA) is 82.4 Å². The van der Waals surface area contributed by atoms with Crippen LogP contribution in [0.15, 0.2) is 22.7 Å². The van der Waals surface area contributed by atoms with Crippen LogP contribution in [-0.4, -0.2) is 40.6 Å². The van der Waals surface area contributed by atoms with E-state index >= 15 is 0 Å². The van der Waals surface area contributed by atoms with Crippen molar-refractivity contribution in [2.75, 3.05) is 0 Å². The lowest BCUT2D eigenvalue weighted by molar-refractivity contribution is -0.130. The Bertz CT molecular complexity index is 910. The van der Waals surface area contributed by atoms with Crippen molar-refractivity contribution in [3.8, 4) is 6.07 Å². The van der Waals surface area contributed by atoms with Crippen molar-refractivity contribution in [3.63, 3.8) is 0 Å². The van der Waals surface area contributed by atoms with Crippen molar-refractivity contribution < 1.29 is 18.7 Å². The van der Waals surface area contributed by atoms with Gasteiger partial charge < -0.3 is 10.1 Å². The summed E-state index contributed by atoms with van der Waals surface area (Å²) < 4.78 is 20.4. The van der Waals surface area contributed by atoms with Gasteiger partial charge in [0.2, 0.25) is 5.91 Å². The number of rotatable bonds is 4. The highest BCUT2D eigenvalue weighted by Crippen LogP contribution is 2.50. The van der Waals surface area contributed by atoms with Crippen molar-refractivity contribution in [2.45, 2.75) is 71.2 Å². The van der Waals surface area contributed by atoms with Crippen LogP contribution in [0.4, 0.5) is 9.18 Å². The highest BCUT2D eigenvalue weighted by Gasteiger charge is 2.58. The molecule has 1 aliphatic heterocycles. The molecule has 0 spiro atoms. The minimum absolute atomic E-state index is 0.00345. The Balaban J connectivity index is 1.78. The zero-order chi connectivity index (χ0) is 23.1. The van der Waals surface area contributed by atoms with Crippen LogP contribution in [0.1, 0.15) is 46.6 Å². The molecule has 31 heavy (non-hydrogen) atoms. The van der Waals surface area contributed by atoms with Gasteiger partial charge in [0, 0.05) is 16.9 Å². The van der Waals surface area contributed by atoms with Crippen molar-refractivity contribution in [1.82, 2.24) is 10.2 Å². The van der Waals surface area contributed by atoms with E-state index < -0.39 is 29.6 Å². The average Bonchev–Trinajstić information content (AvgIpc) is 3.19. The smallest absolute Gasteiger partial charge is 0.411 e. The summed E-state index contributed by atoms with van der Waals surface area (Å²) in [4.78, 5) is 27.8. The first-order chi connectivity index (χ1) is 14.4. The Morgan fingerprint density at radius 2 is 2.03 bits per heavy atom. The second kappa shape index (κ2) is 8.78. The number of halogens is 2. The number of benzene rings is 1.